The van der Waals surface area contributed by atoms with Crippen molar-refractivity contribution in [2.24, 2.45) is 11.3 Å². The second kappa shape index (κ2) is 16.6. The van der Waals surface area contributed by atoms with Crippen LogP contribution in [0.1, 0.15) is 54.4 Å². The Morgan fingerprint density at radius 2 is 1.75 bits per heavy atom. The van der Waals surface area contributed by atoms with E-state index in [4.69, 9.17) is 19.2 Å². The first-order chi connectivity index (χ1) is 27.6. The maximum atomic E-state index is 14.7. The number of amides is 4. The SMILES string of the molecule is C=CC1CC1(NC(=O)C1CC(Oc2cc(-c3ccccc3)nc3cc(OC)ccc23)CN1C(=O)C(NC(=O)OC(C)(C)C)C(C)(C)C)C(=O)NS(=O)(=O)c1ccc(Br)s1. The van der Waals surface area contributed by atoms with Crippen molar-refractivity contribution in [3.8, 4) is 22.8 Å². The van der Waals surface area contributed by atoms with Crippen molar-refractivity contribution in [2.45, 2.75) is 87.9 Å². The zero-order chi connectivity index (χ0) is 43.1. The minimum atomic E-state index is -4.28. The molecule has 4 amide bonds. The molecule has 17 heteroatoms. The summed E-state index contributed by atoms with van der Waals surface area (Å²) >= 11 is 4.17. The minimum absolute atomic E-state index is 0.0144. The van der Waals surface area contributed by atoms with Gasteiger partial charge >= 0.3 is 6.09 Å². The molecule has 2 aromatic carbocycles. The normalized spacial score (nSPS) is 20.9. The van der Waals surface area contributed by atoms with Crippen LogP contribution in [0.25, 0.3) is 22.2 Å². The number of methoxy groups -OCH3 is 1. The molecule has 59 heavy (non-hydrogen) atoms. The molecule has 0 bridgehead atoms. The number of hydrogen-bond donors (Lipinski definition) is 3. The Labute approximate surface area is 356 Å². The zero-order valence-electron chi connectivity index (χ0n) is 33.8. The third-order valence-electron chi connectivity index (χ3n) is 10.1. The third-order valence-corrected chi connectivity index (χ3v) is 13.5. The number of carbonyl (C=O) groups excluding carboxylic acids is 4. The van der Waals surface area contributed by atoms with E-state index in [9.17, 15) is 27.6 Å². The van der Waals surface area contributed by atoms with Crippen LogP contribution in [0.2, 0.25) is 0 Å². The fourth-order valence-corrected chi connectivity index (χ4v) is 10.0. The van der Waals surface area contributed by atoms with Gasteiger partial charge < -0.3 is 29.7 Å². The van der Waals surface area contributed by atoms with Gasteiger partial charge in [-0.25, -0.2) is 22.9 Å². The van der Waals surface area contributed by atoms with E-state index in [0.717, 1.165) is 16.9 Å². The first-order valence-corrected chi connectivity index (χ1v) is 22.0. The summed E-state index contributed by atoms with van der Waals surface area (Å²) < 4.78 is 46.7. The molecule has 4 aromatic rings. The van der Waals surface area contributed by atoms with Crippen LogP contribution in [-0.2, 0) is 29.1 Å². The molecule has 1 aliphatic carbocycles. The molecule has 2 aliphatic rings. The highest BCUT2D eigenvalue weighted by Crippen LogP contribution is 2.45. The zero-order valence-corrected chi connectivity index (χ0v) is 37.0. The van der Waals surface area contributed by atoms with Crippen molar-refractivity contribution < 1.29 is 41.8 Å². The molecule has 5 atom stereocenters. The van der Waals surface area contributed by atoms with Gasteiger partial charge in [-0.1, -0.05) is 57.2 Å². The van der Waals surface area contributed by atoms with Crippen LogP contribution in [-0.4, -0.2) is 85.1 Å². The number of benzene rings is 2. The summed E-state index contributed by atoms with van der Waals surface area (Å²) in [5, 5.41) is 6.19. The Kier molecular flexibility index (Phi) is 12.2. The molecule has 14 nitrogen and oxygen atoms in total. The Morgan fingerprint density at radius 1 is 1.03 bits per heavy atom. The number of aromatic nitrogens is 1. The smallest absolute Gasteiger partial charge is 0.408 e. The van der Waals surface area contributed by atoms with Crippen LogP contribution in [0.15, 0.2) is 87.4 Å². The van der Waals surface area contributed by atoms with E-state index >= 15 is 0 Å². The Hall–Kier alpha value is -5.00. The Balaban J connectivity index is 1.35. The number of fused-ring (bicyclic) bond motifs is 1. The van der Waals surface area contributed by atoms with Crippen LogP contribution in [0.4, 0.5) is 4.79 Å². The van der Waals surface area contributed by atoms with Gasteiger partial charge in [0.25, 0.3) is 15.9 Å². The predicted octanol–water partition coefficient (Wildman–Crippen LogP) is 6.59. The lowest BCUT2D eigenvalue weighted by molar-refractivity contribution is -0.143. The molecule has 5 unspecified atom stereocenters. The lowest BCUT2D eigenvalue weighted by Crippen LogP contribution is -2.60. The molecule has 6 rings (SSSR count). The number of rotatable bonds is 12. The molecular weight excluding hydrogens is 863 g/mol. The van der Waals surface area contributed by atoms with Crippen molar-refractivity contribution in [3.05, 3.63) is 83.2 Å². The second-order valence-electron chi connectivity index (χ2n) is 16.7. The van der Waals surface area contributed by atoms with E-state index in [2.05, 4.69) is 37.9 Å². The highest BCUT2D eigenvalue weighted by Gasteiger charge is 2.61. The van der Waals surface area contributed by atoms with E-state index < -0.39 is 74.5 Å². The minimum Gasteiger partial charge on any atom is -0.497 e. The van der Waals surface area contributed by atoms with E-state index in [-0.39, 0.29) is 23.6 Å². The summed E-state index contributed by atoms with van der Waals surface area (Å²) in [4.78, 5) is 62.4. The lowest BCUT2D eigenvalue weighted by Gasteiger charge is -2.36. The fraction of sp³-hybridized carbons (Fsp3) is 0.405. The summed E-state index contributed by atoms with van der Waals surface area (Å²) in [5.41, 5.74) is -1.31. The predicted molar refractivity (Wildman–Crippen MR) is 227 cm³/mol. The van der Waals surface area contributed by atoms with E-state index in [1.165, 1.54) is 17.0 Å². The average molecular weight is 911 g/mol. The van der Waals surface area contributed by atoms with Crippen LogP contribution in [0.3, 0.4) is 0 Å². The number of halogens is 1. The largest absolute Gasteiger partial charge is 0.497 e. The molecule has 0 radical (unpaired) electrons. The number of nitrogens with one attached hydrogen (secondary N) is 3. The molecule has 2 aromatic heterocycles. The molecule has 1 aliphatic heterocycles. The van der Waals surface area contributed by atoms with Gasteiger partial charge in [0.1, 0.15) is 45.0 Å². The molecule has 1 saturated carbocycles. The summed E-state index contributed by atoms with van der Waals surface area (Å²) in [6, 6.07) is 17.3. The fourth-order valence-electron chi connectivity index (χ4n) is 6.99. The van der Waals surface area contributed by atoms with Gasteiger partial charge in [-0.05, 0) is 72.8 Å². The van der Waals surface area contributed by atoms with Gasteiger partial charge in [0.2, 0.25) is 11.8 Å². The number of likely N-dealkylation sites (tertiary alicyclic amines) is 1. The summed E-state index contributed by atoms with van der Waals surface area (Å²) in [6.07, 6.45) is -0.0270. The second-order valence-corrected chi connectivity index (χ2v) is 21.1. The first-order valence-electron chi connectivity index (χ1n) is 18.9. The number of hydrogen-bond acceptors (Lipinski definition) is 11. The van der Waals surface area contributed by atoms with Crippen molar-refractivity contribution in [2.75, 3.05) is 13.7 Å². The van der Waals surface area contributed by atoms with Crippen LogP contribution in [0, 0.1) is 11.3 Å². The van der Waals surface area contributed by atoms with Crippen molar-refractivity contribution in [1.29, 1.82) is 0 Å². The molecule has 2 fully saturated rings. The third kappa shape index (κ3) is 9.73. The van der Waals surface area contributed by atoms with E-state index in [1.807, 2.05) is 36.4 Å². The van der Waals surface area contributed by atoms with Gasteiger partial charge in [0.05, 0.1) is 28.7 Å². The van der Waals surface area contributed by atoms with Gasteiger partial charge in [0, 0.05) is 35.4 Å². The van der Waals surface area contributed by atoms with Gasteiger partial charge in [-0.3, -0.25) is 14.4 Å². The molecule has 3 N–H and O–H groups in total. The average Bonchev–Trinajstić information content (AvgIpc) is 3.43. The van der Waals surface area contributed by atoms with E-state index in [0.29, 0.717) is 31.9 Å². The molecule has 314 valence electrons. The number of ether oxygens (including phenoxy) is 3. The van der Waals surface area contributed by atoms with Crippen LogP contribution in [0.5, 0.6) is 11.5 Å². The Morgan fingerprint density at radius 3 is 2.34 bits per heavy atom. The van der Waals surface area contributed by atoms with Crippen LogP contribution >= 0.6 is 27.3 Å². The van der Waals surface area contributed by atoms with Gasteiger partial charge in [0.15, 0.2) is 0 Å². The number of sulfonamides is 1. The van der Waals surface area contributed by atoms with Crippen molar-refractivity contribution >= 4 is 72.0 Å². The van der Waals surface area contributed by atoms with Crippen molar-refractivity contribution in [3.63, 3.8) is 0 Å². The molecular formula is C42H48BrN5O9S2. The number of carbonyl (C=O) groups is 4. The molecule has 1 saturated heterocycles. The summed E-state index contributed by atoms with van der Waals surface area (Å²) in [5.74, 6) is -1.78. The number of nitrogens with zero attached hydrogens (tertiary/aromatic N) is 2. The van der Waals surface area contributed by atoms with Crippen LogP contribution < -0.4 is 24.8 Å². The molecule has 0 spiro atoms. The lowest BCUT2D eigenvalue weighted by atomic mass is 9.85. The maximum absolute atomic E-state index is 14.7. The van der Waals surface area contributed by atoms with Gasteiger partial charge in [-0.2, -0.15) is 0 Å². The highest BCUT2D eigenvalue weighted by molar-refractivity contribution is 9.11. The quantitative estimate of drug-likeness (QED) is 0.131. The first kappa shape index (κ1) is 43.6. The Bertz CT molecular complexity index is 2390. The standard InChI is InChI=1S/C42H48BrN5O9S2/c1-9-25-22-42(25,38(51)47-59(53,54)34-18-17-33(43)58-34)46-36(49)31-20-27(23-48(31)37(50)35(40(2,3)4)45-39(52)57-41(5,6)7)56-32-21-29(24-13-11-10-12-14-24)44-30-19-26(55-8)15-16-28(30)32/h9-19,21,25,27,31,35H,1,20,22-23H2,2-8H3,(H,45,52)(H,46,49)(H,47,51). The topological polar surface area (TPSA) is 182 Å². The van der Waals surface area contributed by atoms with Gasteiger partial charge in [-0.15, -0.1) is 17.9 Å². The summed E-state index contributed by atoms with van der Waals surface area (Å²) in [6.45, 7) is 14.2. The summed E-state index contributed by atoms with van der Waals surface area (Å²) in [7, 11) is -2.72. The van der Waals surface area contributed by atoms with Crippen molar-refractivity contribution in [1.82, 2.24) is 25.2 Å². The monoisotopic (exact) mass is 909 g/mol. The highest BCUT2D eigenvalue weighted by atomic mass is 79.9. The molecule has 3 heterocycles. The number of thiophene rings is 1. The maximum Gasteiger partial charge on any atom is 0.408 e. The number of alkyl carbamates (subject to hydrolysis) is 1. The van der Waals surface area contributed by atoms with E-state index in [1.54, 1.807) is 72.9 Å². The number of pyridine rings is 1.